The lowest BCUT2D eigenvalue weighted by Crippen LogP contribution is -2.38. The van der Waals surface area contributed by atoms with Crippen LogP contribution in [0.1, 0.15) is 55.8 Å². The first-order chi connectivity index (χ1) is 12.2. The number of piperidine rings is 1. The maximum Gasteiger partial charge on any atom is 0.226 e. The van der Waals surface area contributed by atoms with Gasteiger partial charge in [-0.25, -0.2) is 13.8 Å². The Bertz CT molecular complexity index is 789. The van der Waals surface area contributed by atoms with Crippen LogP contribution in [-0.2, 0) is 16.6 Å². The van der Waals surface area contributed by atoms with Gasteiger partial charge in [0.15, 0.2) is 11.6 Å². The van der Waals surface area contributed by atoms with Gasteiger partial charge in [0.1, 0.15) is 0 Å². The molecule has 2 aromatic rings. The molecule has 1 aliphatic rings. The van der Waals surface area contributed by atoms with Crippen molar-refractivity contribution in [1.29, 1.82) is 0 Å². The number of thiazole rings is 1. The molecule has 140 valence electrons. The van der Waals surface area contributed by atoms with Gasteiger partial charge >= 0.3 is 0 Å². The van der Waals surface area contributed by atoms with Crippen LogP contribution in [0.15, 0.2) is 23.6 Å². The van der Waals surface area contributed by atoms with E-state index < -0.39 is 11.6 Å². The number of nitrogens with zero attached hydrogens (tertiary/aromatic N) is 2. The number of amides is 1. The molecule has 1 fully saturated rings. The highest BCUT2D eigenvalue weighted by Crippen LogP contribution is 2.33. The molecule has 1 saturated heterocycles. The Balaban J connectivity index is 1.57. The predicted molar refractivity (Wildman–Crippen MR) is 99.4 cm³/mol. The van der Waals surface area contributed by atoms with E-state index in [-0.39, 0.29) is 17.7 Å². The SMILES string of the molecule is CC(C)(C)c1csc(C2CCN(C(=O)Cc3ccc(F)c(F)c3)CC2)n1. The first kappa shape index (κ1) is 19.0. The Morgan fingerprint density at radius 2 is 1.92 bits per heavy atom. The number of benzene rings is 1. The van der Waals surface area contributed by atoms with E-state index in [9.17, 15) is 13.6 Å². The Morgan fingerprint density at radius 1 is 1.23 bits per heavy atom. The molecule has 3 rings (SSSR count). The third-order valence-electron chi connectivity index (χ3n) is 4.83. The maximum atomic E-state index is 13.3. The molecule has 0 aliphatic carbocycles. The third kappa shape index (κ3) is 4.29. The van der Waals surface area contributed by atoms with Crippen molar-refractivity contribution in [2.24, 2.45) is 0 Å². The van der Waals surface area contributed by atoms with Gasteiger partial charge in [-0.15, -0.1) is 11.3 Å². The van der Waals surface area contributed by atoms with Gasteiger partial charge in [-0.1, -0.05) is 26.8 Å². The lowest BCUT2D eigenvalue weighted by atomic mass is 9.93. The summed E-state index contributed by atoms with van der Waals surface area (Å²) in [6, 6.07) is 3.63. The summed E-state index contributed by atoms with van der Waals surface area (Å²) in [5, 5.41) is 3.29. The minimum Gasteiger partial charge on any atom is -0.342 e. The molecule has 0 saturated carbocycles. The summed E-state index contributed by atoms with van der Waals surface area (Å²) in [4.78, 5) is 19.1. The van der Waals surface area contributed by atoms with E-state index in [1.807, 2.05) is 4.90 Å². The summed E-state index contributed by atoms with van der Waals surface area (Å²) in [7, 11) is 0. The number of hydrogen-bond acceptors (Lipinski definition) is 3. The first-order valence-electron chi connectivity index (χ1n) is 8.91. The highest BCUT2D eigenvalue weighted by atomic mass is 32.1. The van der Waals surface area contributed by atoms with Crippen molar-refractivity contribution < 1.29 is 13.6 Å². The summed E-state index contributed by atoms with van der Waals surface area (Å²) in [6.45, 7) is 7.83. The topological polar surface area (TPSA) is 33.2 Å². The molecule has 6 heteroatoms. The fraction of sp³-hybridized carbons (Fsp3) is 0.500. The Hall–Kier alpha value is -1.82. The standard InChI is InChI=1S/C20H24F2N2OS/c1-20(2,3)17-12-26-19(23-17)14-6-8-24(9-7-14)18(25)11-13-4-5-15(21)16(22)10-13/h4-5,10,12,14H,6-9,11H2,1-3H3. The van der Waals surface area contributed by atoms with E-state index in [0.717, 1.165) is 35.7 Å². The quantitative estimate of drug-likeness (QED) is 0.778. The molecule has 2 heterocycles. The van der Waals surface area contributed by atoms with Crippen LogP contribution in [0, 0.1) is 11.6 Å². The molecule has 0 unspecified atom stereocenters. The van der Waals surface area contributed by atoms with Crippen molar-refractivity contribution in [1.82, 2.24) is 9.88 Å². The Kier molecular flexibility index (Phi) is 5.42. The lowest BCUT2D eigenvalue weighted by Gasteiger charge is -2.31. The van der Waals surface area contributed by atoms with E-state index in [0.29, 0.717) is 24.6 Å². The minimum absolute atomic E-state index is 0.0380. The molecule has 0 radical (unpaired) electrons. The van der Waals surface area contributed by atoms with Crippen LogP contribution in [0.5, 0.6) is 0 Å². The average Bonchev–Trinajstić information content (AvgIpc) is 3.09. The predicted octanol–water partition coefficient (Wildman–Crippen LogP) is 4.67. The number of halogens is 2. The molecule has 0 N–H and O–H groups in total. The number of aromatic nitrogens is 1. The summed E-state index contributed by atoms with van der Waals surface area (Å²) in [5.41, 5.74) is 1.68. The smallest absolute Gasteiger partial charge is 0.226 e. The van der Waals surface area contributed by atoms with Gasteiger partial charge in [0.25, 0.3) is 0 Å². The van der Waals surface area contributed by atoms with Crippen LogP contribution in [0.25, 0.3) is 0 Å². The van der Waals surface area contributed by atoms with Crippen molar-refractivity contribution in [3.05, 3.63) is 51.5 Å². The molecule has 1 aromatic carbocycles. The van der Waals surface area contributed by atoms with Crippen LogP contribution in [0.4, 0.5) is 8.78 Å². The van der Waals surface area contributed by atoms with E-state index >= 15 is 0 Å². The first-order valence-corrected chi connectivity index (χ1v) is 9.79. The lowest BCUT2D eigenvalue weighted by molar-refractivity contribution is -0.131. The molecule has 1 amide bonds. The number of hydrogen-bond donors (Lipinski definition) is 0. The van der Waals surface area contributed by atoms with E-state index in [1.54, 1.807) is 11.3 Å². The van der Waals surface area contributed by atoms with Crippen molar-refractivity contribution in [3.8, 4) is 0 Å². The molecular weight excluding hydrogens is 354 g/mol. The van der Waals surface area contributed by atoms with Gasteiger partial charge in [-0.3, -0.25) is 4.79 Å². The van der Waals surface area contributed by atoms with Crippen molar-refractivity contribution >= 4 is 17.2 Å². The normalized spacial score (nSPS) is 16.1. The summed E-state index contributed by atoms with van der Waals surface area (Å²) in [6.07, 6.45) is 1.88. The fourth-order valence-corrected chi connectivity index (χ4v) is 4.35. The Labute approximate surface area is 157 Å². The number of rotatable bonds is 3. The number of carbonyl (C=O) groups excluding carboxylic acids is 1. The third-order valence-corrected chi connectivity index (χ3v) is 5.83. The highest BCUT2D eigenvalue weighted by molar-refractivity contribution is 7.09. The van der Waals surface area contributed by atoms with Gasteiger partial charge in [-0.2, -0.15) is 0 Å². The molecule has 3 nitrogen and oxygen atoms in total. The van der Waals surface area contributed by atoms with Gasteiger partial charge in [0, 0.05) is 29.8 Å². The number of likely N-dealkylation sites (tertiary alicyclic amines) is 1. The van der Waals surface area contributed by atoms with Crippen LogP contribution >= 0.6 is 11.3 Å². The van der Waals surface area contributed by atoms with E-state index in [4.69, 9.17) is 4.98 Å². The second-order valence-corrected chi connectivity index (χ2v) is 8.79. The summed E-state index contributed by atoms with van der Waals surface area (Å²) < 4.78 is 26.3. The molecule has 0 spiro atoms. The fourth-order valence-electron chi connectivity index (χ4n) is 3.13. The molecule has 0 bridgehead atoms. The van der Waals surface area contributed by atoms with Crippen molar-refractivity contribution in [2.45, 2.75) is 51.4 Å². The van der Waals surface area contributed by atoms with Gasteiger partial charge in [0.05, 0.1) is 17.1 Å². The zero-order valence-corrected chi connectivity index (χ0v) is 16.2. The highest BCUT2D eigenvalue weighted by Gasteiger charge is 2.27. The second kappa shape index (κ2) is 7.43. The van der Waals surface area contributed by atoms with Crippen LogP contribution < -0.4 is 0 Å². The van der Waals surface area contributed by atoms with Gasteiger partial charge in [0.2, 0.25) is 5.91 Å². The Morgan fingerprint density at radius 3 is 2.50 bits per heavy atom. The zero-order valence-electron chi connectivity index (χ0n) is 15.4. The largest absolute Gasteiger partial charge is 0.342 e. The van der Waals surface area contributed by atoms with Gasteiger partial charge < -0.3 is 4.90 Å². The van der Waals surface area contributed by atoms with Crippen LogP contribution in [0.2, 0.25) is 0 Å². The molecule has 1 aromatic heterocycles. The molecule has 0 atom stereocenters. The monoisotopic (exact) mass is 378 g/mol. The molecule has 1 aliphatic heterocycles. The average molecular weight is 378 g/mol. The molecular formula is C20H24F2N2OS. The summed E-state index contributed by atoms with van der Waals surface area (Å²) >= 11 is 1.71. The van der Waals surface area contributed by atoms with Crippen LogP contribution in [-0.4, -0.2) is 28.9 Å². The van der Waals surface area contributed by atoms with E-state index in [2.05, 4.69) is 26.2 Å². The van der Waals surface area contributed by atoms with Crippen molar-refractivity contribution in [3.63, 3.8) is 0 Å². The van der Waals surface area contributed by atoms with Gasteiger partial charge in [-0.05, 0) is 30.5 Å². The minimum atomic E-state index is -0.910. The molecule has 26 heavy (non-hydrogen) atoms. The summed E-state index contributed by atoms with van der Waals surface area (Å²) in [5.74, 6) is -1.44. The zero-order chi connectivity index (χ0) is 18.9. The van der Waals surface area contributed by atoms with E-state index in [1.165, 1.54) is 6.07 Å². The number of carbonyl (C=O) groups is 1. The maximum absolute atomic E-state index is 13.3. The van der Waals surface area contributed by atoms with Crippen LogP contribution in [0.3, 0.4) is 0 Å². The second-order valence-electron chi connectivity index (χ2n) is 7.90. The van der Waals surface area contributed by atoms with Crippen molar-refractivity contribution in [2.75, 3.05) is 13.1 Å².